The molecule has 228 valence electrons. The van der Waals surface area contributed by atoms with Crippen LogP contribution in [0.25, 0.3) is 0 Å². The SMILES string of the molecule is CCCCCCCC(=O)O[C@H]([C@H](OC(=O)CCCCCCC)[C@H](C=O)OC(=O)CCCCCCC)[C@H](O)CO. The van der Waals surface area contributed by atoms with Crippen LogP contribution in [-0.4, -0.2) is 65.4 Å². The highest BCUT2D eigenvalue weighted by molar-refractivity contribution is 5.74. The number of aldehydes is 1. The molecule has 0 aromatic rings. The Kier molecular flexibility index (Phi) is 23.7. The summed E-state index contributed by atoms with van der Waals surface area (Å²) in [5.41, 5.74) is 0. The lowest BCUT2D eigenvalue weighted by molar-refractivity contribution is -0.196. The molecular weight excluding hydrogens is 504 g/mol. The molecule has 0 aromatic heterocycles. The minimum absolute atomic E-state index is 0.0600. The Balaban J connectivity index is 5.49. The molecule has 0 aromatic carbocycles. The fraction of sp³-hybridized carbons (Fsp3) is 0.867. The minimum atomic E-state index is -1.65. The molecule has 0 fully saturated rings. The number of aliphatic hydroxyl groups excluding tert-OH is 2. The third-order valence-corrected chi connectivity index (χ3v) is 6.60. The first-order valence-electron chi connectivity index (χ1n) is 15.2. The Bertz CT molecular complexity index is 652. The highest BCUT2D eigenvalue weighted by Gasteiger charge is 2.42. The second-order valence-corrected chi connectivity index (χ2v) is 10.2. The normalized spacial score (nSPS) is 14.2. The molecule has 4 atom stereocenters. The molecule has 0 amide bonds. The third kappa shape index (κ3) is 18.8. The highest BCUT2D eigenvalue weighted by Crippen LogP contribution is 2.20. The lowest BCUT2D eigenvalue weighted by Gasteiger charge is -2.32. The van der Waals surface area contributed by atoms with Gasteiger partial charge in [-0.1, -0.05) is 97.8 Å². The third-order valence-electron chi connectivity index (χ3n) is 6.60. The predicted molar refractivity (Wildman–Crippen MR) is 149 cm³/mol. The van der Waals surface area contributed by atoms with E-state index in [-0.39, 0.29) is 19.3 Å². The summed E-state index contributed by atoms with van der Waals surface area (Å²) in [6.07, 6.45) is 7.65. The van der Waals surface area contributed by atoms with Gasteiger partial charge in [0.05, 0.1) is 6.61 Å². The maximum Gasteiger partial charge on any atom is 0.306 e. The van der Waals surface area contributed by atoms with E-state index in [2.05, 4.69) is 20.8 Å². The van der Waals surface area contributed by atoms with E-state index < -0.39 is 48.9 Å². The summed E-state index contributed by atoms with van der Waals surface area (Å²) in [7, 11) is 0. The van der Waals surface area contributed by atoms with Crippen LogP contribution in [0, 0.1) is 0 Å². The summed E-state index contributed by atoms with van der Waals surface area (Å²) in [5.74, 6) is -1.97. The van der Waals surface area contributed by atoms with E-state index in [1.54, 1.807) is 0 Å². The molecule has 0 radical (unpaired) electrons. The van der Waals surface area contributed by atoms with Crippen molar-refractivity contribution in [3.8, 4) is 0 Å². The number of rotatable bonds is 26. The Morgan fingerprint density at radius 3 is 1.31 bits per heavy atom. The summed E-state index contributed by atoms with van der Waals surface area (Å²) >= 11 is 0. The fourth-order valence-corrected chi connectivity index (χ4v) is 4.21. The molecule has 0 aliphatic carbocycles. The largest absolute Gasteiger partial charge is 0.455 e. The van der Waals surface area contributed by atoms with E-state index in [9.17, 15) is 29.4 Å². The van der Waals surface area contributed by atoms with Crippen molar-refractivity contribution >= 4 is 24.2 Å². The molecule has 0 heterocycles. The Hall–Kier alpha value is -2.00. The summed E-state index contributed by atoms with van der Waals surface area (Å²) in [6, 6.07) is 0. The predicted octanol–water partition coefficient (Wildman–Crippen LogP) is 5.36. The molecule has 9 nitrogen and oxygen atoms in total. The molecular formula is C30H54O9. The van der Waals surface area contributed by atoms with Crippen LogP contribution in [0.5, 0.6) is 0 Å². The Morgan fingerprint density at radius 2 is 0.949 bits per heavy atom. The second-order valence-electron chi connectivity index (χ2n) is 10.2. The standard InChI is InChI=1S/C30H54O9/c1-4-7-10-13-16-19-26(34)37-25(23-32)30(39-28(36)21-18-15-12-9-6-3)29(24(33)22-31)38-27(35)20-17-14-11-8-5-2/h23-25,29-31,33H,4-22H2,1-3H3/t24-,25+,29+,30-/m1/s1. The van der Waals surface area contributed by atoms with Crippen LogP contribution < -0.4 is 0 Å². The quantitative estimate of drug-likeness (QED) is 0.0622. The zero-order chi connectivity index (χ0) is 29.3. The Morgan fingerprint density at radius 1 is 0.590 bits per heavy atom. The van der Waals surface area contributed by atoms with Crippen molar-refractivity contribution in [3.05, 3.63) is 0 Å². The maximum absolute atomic E-state index is 12.7. The Labute approximate surface area is 235 Å². The van der Waals surface area contributed by atoms with Crippen molar-refractivity contribution in [2.45, 2.75) is 161 Å². The van der Waals surface area contributed by atoms with Gasteiger partial charge < -0.3 is 24.4 Å². The van der Waals surface area contributed by atoms with Crippen molar-refractivity contribution in [2.75, 3.05) is 6.61 Å². The van der Waals surface area contributed by atoms with Gasteiger partial charge in [0.1, 0.15) is 6.10 Å². The number of carbonyl (C=O) groups is 4. The number of aliphatic hydroxyl groups is 2. The second kappa shape index (κ2) is 25.0. The molecule has 0 aliphatic rings. The first kappa shape index (κ1) is 37.0. The van der Waals surface area contributed by atoms with Crippen molar-refractivity contribution in [1.82, 2.24) is 0 Å². The summed E-state index contributed by atoms with van der Waals surface area (Å²) < 4.78 is 16.3. The molecule has 0 spiro atoms. The molecule has 0 rings (SSSR count). The van der Waals surface area contributed by atoms with Gasteiger partial charge in [-0.3, -0.25) is 19.2 Å². The molecule has 2 N–H and O–H groups in total. The zero-order valence-electron chi connectivity index (χ0n) is 24.6. The van der Waals surface area contributed by atoms with Crippen LogP contribution in [0.1, 0.15) is 136 Å². The van der Waals surface area contributed by atoms with Crippen molar-refractivity contribution in [3.63, 3.8) is 0 Å². The molecule has 0 saturated carbocycles. The molecule has 0 aliphatic heterocycles. The van der Waals surface area contributed by atoms with Gasteiger partial charge in [0.15, 0.2) is 24.6 Å². The first-order chi connectivity index (χ1) is 18.8. The number of hydrogen-bond acceptors (Lipinski definition) is 9. The van der Waals surface area contributed by atoms with E-state index in [4.69, 9.17) is 14.2 Å². The van der Waals surface area contributed by atoms with Gasteiger partial charge in [-0.2, -0.15) is 0 Å². The molecule has 9 heteroatoms. The van der Waals surface area contributed by atoms with Crippen LogP contribution in [0.15, 0.2) is 0 Å². The minimum Gasteiger partial charge on any atom is -0.455 e. The van der Waals surface area contributed by atoms with Gasteiger partial charge in [0.25, 0.3) is 0 Å². The van der Waals surface area contributed by atoms with Crippen LogP contribution in [0.2, 0.25) is 0 Å². The lowest BCUT2D eigenvalue weighted by Crippen LogP contribution is -2.52. The molecule has 0 bridgehead atoms. The van der Waals surface area contributed by atoms with E-state index in [1.807, 2.05) is 0 Å². The van der Waals surface area contributed by atoms with Crippen molar-refractivity contribution in [1.29, 1.82) is 0 Å². The van der Waals surface area contributed by atoms with E-state index in [0.717, 1.165) is 77.0 Å². The van der Waals surface area contributed by atoms with E-state index in [1.165, 1.54) is 0 Å². The first-order valence-corrected chi connectivity index (χ1v) is 15.2. The van der Waals surface area contributed by atoms with E-state index in [0.29, 0.717) is 25.5 Å². The van der Waals surface area contributed by atoms with Crippen molar-refractivity contribution < 1.29 is 43.6 Å². The summed E-state index contributed by atoms with van der Waals surface area (Å²) in [5, 5.41) is 20.1. The fourth-order valence-electron chi connectivity index (χ4n) is 4.21. The van der Waals surface area contributed by atoms with Gasteiger partial charge in [0.2, 0.25) is 0 Å². The van der Waals surface area contributed by atoms with Gasteiger partial charge >= 0.3 is 17.9 Å². The average Bonchev–Trinajstić information content (AvgIpc) is 2.92. The number of unbranched alkanes of at least 4 members (excludes halogenated alkanes) is 12. The van der Waals surface area contributed by atoms with Gasteiger partial charge in [-0.25, -0.2) is 0 Å². The highest BCUT2D eigenvalue weighted by atomic mass is 16.6. The topological polar surface area (TPSA) is 136 Å². The summed E-state index contributed by atoms with van der Waals surface area (Å²) in [4.78, 5) is 49.8. The number of esters is 3. The number of carbonyl (C=O) groups excluding carboxylic acids is 4. The number of ether oxygens (including phenoxy) is 3. The zero-order valence-corrected chi connectivity index (χ0v) is 24.6. The van der Waals surface area contributed by atoms with Crippen LogP contribution in [0.4, 0.5) is 0 Å². The van der Waals surface area contributed by atoms with Crippen molar-refractivity contribution in [2.24, 2.45) is 0 Å². The average molecular weight is 559 g/mol. The molecule has 39 heavy (non-hydrogen) atoms. The van der Waals surface area contributed by atoms with Crippen LogP contribution in [0.3, 0.4) is 0 Å². The van der Waals surface area contributed by atoms with Crippen LogP contribution >= 0.6 is 0 Å². The summed E-state index contributed by atoms with van der Waals surface area (Å²) in [6.45, 7) is 5.46. The van der Waals surface area contributed by atoms with Gasteiger partial charge in [-0.15, -0.1) is 0 Å². The number of hydrogen-bond donors (Lipinski definition) is 2. The van der Waals surface area contributed by atoms with Gasteiger partial charge in [0, 0.05) is 19.3 Å². The smallest absolute Gasteiger partial charge is 0.306 e. The van der Waals surface area contributed by atoms with Gasteiger partial charge in [-0.05, 0) is 19.3 Å². The van der Waals surface area contributed by atoms with E-state index >= 15 is 0 Å². The maximum atomic E-state index is 12.7. The lowest BCUT2D eigenvalue weighted by atomic mass is 10.0. The van der Waals surface area contributed by atoms with Crippen LogP contribution in [-0.2, 0) is 33.4 Å². The molecule has 0 unspecified atom stereocenters. The molecule has 0 saturated heterocycles. The monoisotopic (exact) mass is 558 g/mol.